The predicted molar refractivity (Wildman–Crippen MR) is 140 cm³/mol. The van der Waals surface area contributed by atoms with E-state index in [9.17, 15) is 26.6 Å². The lowest BCUT2D eigenvalue weighted by atomic mass is 9.98. The lowest BCUT2D eigenvalue weighted by Crippen LogP contribution is -2.37. The Morgan fingerprint density at radius 1 is 1.08 bits per heavy atom. The van der Waals surface area contributed by atoms with Gasteiger partial charge >= 0.3 is 6.18 Å². The van der Waals surface area contributed by atoms with Crippen LogP contribution in [0.2, 0.25) is 0 Å². The van der Waals surface area contributed by atoms with E-state index in [1.54, 1.807) is 24.0 Å². The SMILES string of the molecule is C/C=C(\N=C(C(C)C)S(=O)C(C)C)C(=O)N1CCc2cc(Nc3ccc(C(F)(F)F)c(F)c3)ccc2C1. The molecule has 1 aliphatic heterocycles. The first-order valence-electron chi connectivity index (χ1n) is 12.0. The van der Waals surface area contributed by atoms with E-state index in [-0.39, 0.29) is 28.5 Å². The van der Waals surface area contributed by atoms with Gasteiger partial charge in [0.25, 0.3) is 5.91 Å². The number of carbonyl (C=O) groups is 1. The zero-order valence-electron chi connectivity index (χ0n) is 21.4. The molecule has 0 aromatic heterocycles. The molecule has 0 saturated carbocycles. The summed E-state index contributed by atoms with van der Waals surface area (Å²) < 4.78 is 65.0. The van der Waals surface area contributed by atoms with Crippen LogP contribution in [0.25, 0.3) is 0 Å². The Kier molecular flexibility index (Phi) is 8.94. The van der Waals surface area contributed by atoms with Crippen molar-refractivity contribution >= 4 is 33.1 Å². The summed E-state index contributed by atoms with van der Waals surface area (Å²) in [5.74, 6) is -1.66. The monoisotopic (exact) mass is 537 g/mol. The molecule has 1 N–H and O–H groups in total. The predicted octanol–water partition coefficient (Wildman–Crippen LogP) is 6.59. The van der Waals surface area contributed by atoms with E-state index in [4.69, 9.17) is 0 Å². The average molecular weight is 538 g/mol. The summed E-state index contributed by atoms with van der Waals surface area (Å²) in [6.07, 6.45) is -2.56. The molecule has 200 valence electrons. The summed E-state index contributed by atoms with van der Waals surface area (Å²) in [5, 5.41) is 3.32. The van der Waals surface area contributed by atoms with E-state index < -0.39 is 28.4 Å². The number of nitrogens with one attached hydrogen (secondary N) is 1. The third kappa shape index (κ3) is 6.85. The number of carbonyl (C=O) groups excluding carboxylic acids is 1. The smallest absolute Gasteiger partial charge is 0.355 e. The second kappa shape index (κ2) is 11.6. The molecule has 0 fully saturated rings. The second-order valence-electron chi connectivity index (χ2n) is 9.40. The topological polar surface area (TPSA) is 61.8 Å². The molecule has 0 spiro atoms. The van der Waals surface area contributed by atoms with Crippen molar-refractivity contribution in [2.75, 3.05) is 11.9 Å². The Labute approximate surface area is 217 Å². The third-order valence-corrected chi connectivity index (χ3v) is 7.75. The Balaban J connectivity index is 1.75. The Bertz CT molecular complexity index is 1250. The highest BCUT2D eigenvalue weighted by atomic mass is 32.2. The number of alkyl halides is 3. The molecule has 1 unspecified atom stereocenters. The summed E-state index contributed by atoms with van der Waals surface area (Å²) in [5.41, 5.74) is 1.66. The van der Waals surface area contributed by atoms with Gasteiger partial charge in [0, 0.05) is 35.6 Å². The molecule has 37 heavy (non-hydrogen) atoms. The number of rotatable bonds is 6. The number of allylic oxidation sites excluding steroid dienone is 1. The quantitative estimate of drug-likeness (QED) is 0.196. The number of fused-ring (bicyclic) bond motifs is 1. The highest BCUT2D eigenvalue weighted by molar-refractivity contribution is 8.01. The number of nitrogens with zero attached hydrogens (tertiary/aromatic N) is 2. The number of halogens is 4. The highest BCUT2D eigenvalue weighted by Crippen LogP contribution is 2.33. The molecular formula is C27H31F4N3O2S. The van der Waals surface area contributed by atoms with Crippen LogP contribution in [0.4, 0.5) is 28.9 Å². The molecule has 10 heteroatoms. The van der Waals surface area contributed by atoms with Crippen molar-refractivity contribution in [2.45, 2.75) is 59.0 Å². The zero-order chi connectivity index (χ0) is 27.5. The molecule has 0 saturated heterocycles. The highest BCUT2D eigenvalue weighted by Gasteiger charge is 2.34. The van der Waals surface area contributed by atoms with Crippen molar-refractivity contribution < 1.29 is 26.6 Å². The second-order valence-corrected chi connectivity index (χ2v) is 11.4. The van der Waals surface area contributed by atoms with Gasteiger partial charge in [0.2, 0.25) is 0 Å². The summed E-state index contributed by atoms with van der Waals surface area (Å²) in [7, 11) is -1.29. The first-order valence-corrected chi connectivity index (χ1v) is 13.2. The van der Waals surface area contributed by atoms with E-state index >= 15 is 0 Å². The average Bonchev–Trinajstić information content (AvgIpc) is 2.82. The van der Waals surface area contributed by atoms with Crippen LogP contribution in [0.5, 0.6) is 0 Å². The van der Waals surface area contributed by atoms with Crippen LogP contribution in [-0.2, 0) is 34.7 Å². The van der Waals surface area contributed by atoms with Crippen molar-refractivity contribution in [1.29, 1.82) is 0 Å². The fourth-order valence-electron chi connectivity index (χ4n) is 3.96. The van der Waals surface area contributed by atoms with Crippen molar-refractivity contribution in [3.05, 3.63) is 70.7 Å². The van der Waals surface area contributed by atoms with Crippen LogP contribution < -0.4 is 5.32 Å². The van der Waals surface area contributed by atoms with Gasteiger partial charge in [-0.1, -0.05) is 39.8 Å². The van der Waals surface area contributed by atoms with Crippen LogP contribution in [-0.4, -0.2) is 31.9 Å². The number of hydrogen-bond acceptors (Lipinski definition) is 4. The molecule has 0 bridgehead atoms. The van der Waals surface area contributed by atoms with E-state index in [0.29, 0.717) is 36.3 Å². The van der Waals surface area contributed by atoms with Crippen LogP contribution in [0.3, 0.4) is 0 Å². The number of anilines is 2. The van der Waals surface area contributed by atoms with E-state index in [2.05, 4.69) is 10.3 Å². The summed E-state index contributed by atoms with van der Waals surface area (Å²) in [4.78, 5) is 19.5. The number of benzene rings is 2. The molecule has 5 nitrogen and oxygen atoms in total. The normalized spacial score (nSPS) is 15.7. The summed E-state index contributed by atoms with van der Waals surface area (Å²) in [6.45, 7) is 10.0. The molecule has 1 atom stereocenters. The molecule has 2 aromatic rings. The first kappa shape index (κ1) is 28.6. The summed E-state index contributed by atoms with van der Waals surface area (Å²) >= 11 is 0. The van der Waals surface area contributed by atoms with Gasteiger partial charge in [-0.05, 0) is 54.8 Å². The molecular weight excluding hydrogens is 506 g/mol. The van der Waals surface area contributed by atoms with Crippen LogP contribution in [0.15, 0.2) is 53.2 Å². The maximum absolute atomic E-state index is 13.9. The van der Waals surface area contributed by atoms with Crippen LogP contribution in [0, 0.1) is 11.7 Å². The molecule has 2 aromatic carbocycles. The number of aliphatic imine (C=N–C) groups is 1. The van der Waals surface area contributed by atoms with Gasteiger partial charge in [-0.25, -0.2) is 9.38 Å². The van der Waals surface area contributed by atoms with Gasteiger partial charge in [0.1, 0.15) is 16.6 Å². The maximum Gasteiger partial charge on any atom is 0.419 e. The fraction of sp³-hybridized carbons (Fsp3) is 0.407. The van der Waals surface area contributed by atoms with E-state index in [1.165, 1.54) is 6.07 Å². The van der Waals surface area contributed by atoms with E-state index in [0.717, 1.165) is 17.2 Å². The maximum atomic E-state index is 13.9. The van der Waals surface area contributed by atoms with Crippen molar-refractivity contribution in [3.63, 3.8) is 0 Å². The standard InChI is InChI=1S/C27H31F4N3O2S/c1-6-24(33-25(16(2)3)37(36)17(4)5)26(35)34-12-11-18-13-20(8-7-19(18)15-34)32-21-9-10-22(23(28)14-21)27(29,30)31/h6-10,13-14,16-17,32H,11-12,15H2,1-5H3/b24-6-,33-25?. The third-order valence-electron chi connectivity index (χ3n) is 5.92. The minimum Gasteiger partial charge on any atom is -0.355 e. The van der Waals surface area contributed by atoms with Gasteiger partial charge < -0.3 is 10.2 Å². The lowest BCUT2D eigenvalue weighted by molar-refractivity contribution is -0.140. The van der Waals surface area contributed by atoms with E-state index in [1.807, 2.05) is 39.8 Å². The van der Waals surface area contributed by atoms with Gasteiger partial charge in [0.15, 0.2) is 0 Å². The Morgan fingerprint density at radius 3 is 2.30 bits per heavy atom. The first-order chi connectivity index (χ1) is 17.3. The van der Waals surface area contributed by atoms with Gasteiger partial charge in [-0.2, -0.15) is 13.2 Å². The molecule has 0 aliphatic carbocycles. The lowest BCUT2D eigenvalue weighted by Gasteiger charge is -2.29. The Morgan fingerprint density at radius 2 is 1.73 bits per heavy atom. The molecule has 3 rings (SSSR count). The Hall–Kier alpha value is -3.01. The van der Waals surface area contributed by atoms with Crippen molar-refractivity contribution in [1.82, 2.24) is 4.90 Å². The zero-order valence-corrected chi connectivity index (χ0v) is 22.3. The fourth-order valence-corrected chi connectivity index (χ4v) is 5.09. The van der Waals surface area contributed by atoms with Crippen LogP contribution >= 0.6 is 0 Å². The van der Waals surface area contributed by atoms with Crippen molar-refractivity contribution in [3.8, 4) is 0 Å². The largest absolute Gasteiger partial charge is 0.419 e. The van der Waals surface area contributed by atoms with Gasteiger partial charge in [0.05, 0.1) is 16.4 Å². The van der Waals surface area contributed by atoms with Gasteiger partial charge in [-0.3, -0.25) is 9.00 Å². The van der Waals surface area contributed by atoms with Crippen LogP contribution in [0.1, 0.15) is 51.3 Å². The molecule has 1 aliphatic rings. The molecule has 1 amide bonds. The summed E-state index contributed by atoms with van der Waals surface area (Å²) in [6, 6.07) is 8.14. The molecule has 1 heterocycles. The molecule has 0 radical (unpaired) electrons. The number of hydrogen-bond donors (Lipinski definition) is 1. The van der Waals surface area contributed by atoms with Crippen molar-refractivity contribution in [2.24, 2.45) is 10.9 Å². The van der Waals surface area contributed by atoms with Gasteiger partial charge in [-0.15, -0.1) is 0 Å². The minimum atomic E-state index is -4.75. The minimum absolute atomic E-state index is 0.0721. The number of amides is 1.